The highest BCUT2D eigenvalue weighted by atomic mass is 16.2. The maximum absolute atomic E-state index is 14.1. The number of hydrogen-bond acceptors (Lipinski definition) is 2. The molecule has 2 aromatic carbocycles. The van der Waals surface area contributed by atoms with Crippen LogP contribution in [0, 0.1) is 0 Å². The van der Waals surface area contributed by atoms with E-state index in [1.807, 2.05) is 84.0 Å². The molecule has 5 nitrogen and oxygen atoms in total. The third-order valence-electron chi connectivity index (χ3n) is 8.08. The molecule has 0 saturated heterocycles. The van der Waals surface area contributed by atoms with Crippen molar-refractivity contribution in [2.75, 3.05) is 0 Å². The van der Waals surface area contributed by atoms with E-state index in [1.165, 1.54) is 19.3 Å². The van der Waals surface area contributed by atoms with Crippen molar-refractivity contribution in [1.29, 1.82) is 0 Å². The summed E-state index contributed by atoms with van der Waals surface area (Å²) in [5.74, 6) is -0.155. The monoisotopic (exact) mass is 483 g/mol. The summed E-state index contributed by atoms with van der Waals surface area (Å²) in [6, 6.07) is 24.0. The van der Waals surface area contributed by atoms with E-state index in [0.717, 1.165) is 42.5 Å². The zero-order chi connectivity index (χ0) is 25.1. The first-order valence-corrected chi connectivity index (χ1v) is 13.4. The average Bonchev–Trinajstić information content (AvgIpc) is 3.30. The quantitative estimate of drug-likeness (QED) is 0.459. The standard InChI is InChI=1S/C31H37N3O2/c1-23(24-14-8-6-9-15-24)34-29(35)28-21-20-27(25-16-10-7-11-17-25)33(28)22-31(34,2)30(36)32-26-18-12-4-3-5-13-19-26/h6-11,14-17,20-21,23,26H,3-5,12-13,18-19,22H2,1-2H3,(H,32,36)/t23-,31+/m0/s1. The van der Waals surface area contributed by atoms with Crippen LogP contribution in [-0.2, 0) is 11.3 Å². The fourth-order valence-corrected chi connectivity index (χ4v) is 6.02. The molecule has 2 aliphatic rings. The van der Waals surface area contributed by atoms with Gasteiger partial charge in [-0.1, -0.05) is 92.8 Å². The number of fused-ring (bicyclic) bond motifs is 1. The molecule has 1 aromatic heterocycles. The van der Waals surface area contributed by atoms with Gasteiger partial charge in [-0.05, 0) is 49.9 Å². The molecule has 1 saturated carbocycles. The van der Waals surface area contributed by atoms with Crippen LogP contribution in [0.5, 0.6) is 0 Å². The Kier molecular flexibility index (Phi) is 6.99. The van der Waals surface area contributed by atoms with E-state index in [4.69, 9.17) is 0 Å². The van der Waals surface area contributed by atoms with Crippen LogP contribution in [0.25, 0.3) is 11.3 Å². The van der Waals surface area contributed by atoms with E-state index in [1.54, 1.807) is 0 Å². The van der Waals surface area contributed by atoms with Gasteiger partial charge in [0.15, 0.2) is 0 Å². The van der Waals surface area contributed by atoms with E-state index in [-0.39, 0.29) is 23.9 Å². The molecule has 5 rings (SSSR count). The minimum Gasteiger partial charge on any atom is -0.351 e. The smallest absolute Gasteiger partial charge is 0.271 e. The number of carbonyl (C=O) groups is 2. The molecule has 2 atom stereocenters. The highest BCUT2D eigenvalue weighted by Crippen LogP contribution is 2.38. The van der Waals surface area contributed by atoms with Gasteiger partial charge in [0.2, 0.25) is 5.91 Å². The van der Waals surface area contributed by atoms with Gasteiger partial charge in [-0.2, -0.15) is 0 Å². The van der Waals surface area contributed by atoms with Crippen molar-refractivity contribution in [2.24, 2.45) is 0 Å². The second-order valence-electron chi connectivity index (χ2n) is 10.6. The van der Waals surface area contributed by atoms with Crippen LogP contribution < -0.4 is 5.32 Å². The highest BCUT2D eigenvalue weighted by molar-refractivity contribution is 6.01. The topological polar surface area (TPSA) is 54.3 Å². The average molecular weight is 484 g/mol. The van der Waals surface area contributed by atoms with Gasteiger partial charge in [0.05, 0.1) is 12.6 Å². The first kappa shape index (κ1) is 24.4. The van der Waals surface area contributed by atoms with Gasteiger partial charge in [0.1, 0.15) is 11.2 Å². The molecule has 1 fully saturated rings. The number of nitrogens with one attached hydrogen (secondary N) is 1. The van der Waals surface area contributed by atoms with Crippen LogP contribution in [0.4, 0.5) is 0 Å². The molecule has 1 N–H and O–H groups in total. The molecule has 0 spiro atoms. The van der Waals surface area contributed by atoms with Crippen LogP contribution in [0.1, 0.15) is 80.9 Å². The van der Waals surface area contributed by atoms with Crippen molar-refractivity contribution >= 4 is 11.8 Å². The lowest BCUT2D eigenvalue weighted by atomic mass is 9.89. The fraction of sp³-hybridized carbons (Fsp3) is 0.419. The van der Waals surface area contributed by atoms with E-state index in [9.17, 15) is 9.59 Å². The van der Waals surface area contributed by atoms with Gasteiger partial charge in [-0.25, -0.2) is 0 Å². The maximum Gasteiger partial charge on any atom is 0.271 e. The van der Waals surface area contributed by atoms with Crippen molar-refractivity contribution in [2.45, 2.75) is 83.0 Å². The summed E-state index contributed by atoms with van der Waals surface area (Å²) in [5.41, 5.74) is 2.65. The Morgan fingerprint density at radius 3 is 2.11 bits per heavy atom. The molecule has 0 unspecified atom stereocenters. The Bertz CT molecular complexity index is 1200. The van der Waals surface area contributed by atoms with Gasteiger partial charge in [-0.15, -0.1) is 0 Å². The molecule has 0 radical (unpaired) electrons. The first-order chi connectivity index (χ1) is 17.5. The molecular weight excluding hydrogens is 446 g/mol. The molecule has 5 heteroatoms. The van der Waals surface area contributed by atoms with Crippen molar-refractivity contribution in [1.82, 2.24) is 14.8 Å². The normalized spacial score (nSPS) is 21.8. The third-order valence-corrected chi connectivity index (χ3v) is 8.08. The highest BCUT2D eigenvalue weighted by Gasteiger charge is 2.50. The number of aromatic nitrogens is 1. The van der Waals surface area contributed by atoms with Gasteiger partial charge < -0.3 is 14.8 Å². The summed E-state index contributed by atoms with van der Waals surface area (Å²) >= 11 is 0. The number of benzene rings is 2. The van der Waals surface area contributed by atoms with Crippen LogP contribution in [0.3, 0.4) is 0 Å². The first-order valence-electron chi connectivity index (χ1n) is 13.4. The van der Waals surface area contributed by atoms with Crippen molar-refractivity contribution in [3.63, 3.8) is 0 Å². The van der Waals surface area contributed by atoms with Crippen LogP contribution >= 0.6 is 0 Å². The number of rotatable bonds is 5. The molecule has 2 heterocycles. The second kappa shape index (κ2) is 10.3. The minimum absolute atomic E-state index is 0.0532. The number of hydrogen-bond donors (Lipinski definition) is 1. The summed E-state index contributed by atoms with van der Waals surface area (Å²) in [6.45, 7) is 4.40. The van der Waals surface area contributed by atoms with E-state index in [2.05, 4.69) is 17.4 Å². The van der Waals surface area contributed by atoms with Gasteiger partial charge in [0.25, 0.3) is 5.91 Å². The number of nitrogens with zero attached hydrogens (tertiary/aromatic N) is 2. The van der Waals surface area contributed by atoms with Crippen molar-refractivity contribution < 1.29 is 9.59 Å². The molecule has 3 aromatic rings. The largest absolute Gasteiger partial charge is 0.351 e. The summed E-state index contributed by atoms with van der Waals surface area (Å²) < 4.78 is 2.05. The van der Waals surface area contributed by atoms with Crippen molar-refractivity contribution in [3.8, 4) is 11.3 Å². The van der Waals surface area contributed by atoms with Crippen LogP contribution in [-0.4, -0.2) is 32.9 Å². The Hall–Kier alpha value is -3.34. The molecule has 1 aliphatic heterocycles. The van der Waals surface area contributed by atoms with E-state index >= 15 is 0 Å². The second-order valence-corrected chi connectivity index (χ2v) is 10.6. The van der Waals surface area contributed by atoms with Gasteiger partial charge in [0, 0.05) is 11.7 Å². The Morgan fingerprint density at radius 2 is 1.44 bits per heavy atom. The maximum atomic E-state index is 14.1. The molecular formula is C31H37N3O2. The molecule has 188 valence electrons. The Morgan fingerprint density at radius 1 is 0.861 bits per heavy atom. The van der Waals surface area contributed by atoms with Gasteiger partial charge in [-0.3, -0.25) is 9.59 Å². The lowest BCUT2D eigenvalue weighted by Crippen LogP contribution is -2.65. The zero-order valence-corrected chi connectivity index (χ0v) is 21.5. The van der Waals surface area contributed by atoms with E-state index in [0.29, 0.717) is 12.2 Å². The van der Waals surface area contributed by atoms with Crippen LogP contribution in [0.2, 0.25) is 0 Å². The lowest BCUT2D eigenvalue weighted by Gasteiger charge is -2.48. The number of amides is 2. The Labute approximate surface area is 214 Å². The van der Waals surface area contributed by atoms with E-state index < -0.39 is 5.54 Å². The fourth-order valence-electron chi connectivity index (χ4n) is 6.02. The summed E-state index contributed by atoms with van der Waals surface area (Å²) in [4.78, 5) is 30.1. The summed E-state index contributed by atoms with van der Waals surface area (Å²) in [6.07, 6.45) is 8.05. The molecule has 36 heavy (non-hydrogen) atoms. The van der Waals surface area contributed by atoms with Gasteiger partial charge >= 0.3 is 0 Å². The minimum atomic E-state index is -1.02. The third kappa shape index (κ3) is 4.59. The Balaban J connectivity index is 1.54. The molecule has 2 amide bonds. The predicted octanol–water partition coefficient (Wildman–Crippen LogP) is 6.36. The predicted molar refractivity (Wildman–Crippen MR) is 144 cm³/mol. The van der Waals surface area contributed by atoms with Crippen LogP contribution in [0.15, 0.2) is 72.8 Å². The summed E-state index contributed by atoms with van der Waals surface area (Å²) in [7, 11) is 0. The zero-order valence-electron chi connectivity index (χ0n) is 21.5. The SMILES string of the molecule is C[C@@H](c1ccccc1)N1C(=O)c2ccc(-c3ccccc3)n2C[C@]1(C)C(=O)NC1CCCCCCC1. The molecule has 0 bridgehead atoms. The summed E-state index contributed by atoms with van der Waals surface area (Å²) in [5, 5.41) is 3.39. The lowest BCUT2D eigenvalue weighted by molar-refractivity contribution is -0.135. The molecule has 1 aliphatic carbocycles. The van der Waals surface area contributed by atoms with Crippen molar-refractivity contribution in [3.05, 3.63) is 84.1 Å². The number of carbonyl (C=O) groups excluding carboxylic acids is 2.